The summed E-state index contributed by atoms with van der Waals surface area (Å²) in [7, 11) is 0. The molecule has 28 heavy (non-hydrogen) atoms. The van der Waals surface area contributed by atoms with Crippen molar-refractivity contribution in [1.29, 1.82) is 0 Å². The number of piperazine rings is 1. The van der Waals surface area contributed by atoms with Crippen LogP contribution in [0.1, 0.15) is 19.3 Å². The molecule has 5 nitrogen and oxygen atoms in total. The quantitative estimate of drug-likeness (QED) is 0.750. The highest BCUT2D eigenvalue weighted by atomic mass is 35.5. The van der Waals surface area contributed by atoms with E-state index in [1.165, 1.54) is 18.5 Å². The summed E-state index contributed by atoms with van der Waals surface area (Å²) in [6.45, 7) is 6.86. The summed E-state index contributed by atoms with van der Waals surface area (Å²) in [6.07, 6.45) is 3.65. The third-order valence-electron chi connectivity index (χ3n) is 5.61. The minimum absolute atomic E-state index is 0. The molecule has 8 heteroatoms. The van der Waals surface area contributed by atoms with E-state index in [1.807, 2.05) is 0 Å². The second kappa shape index (κ2) is 10.7. The van der Waals surface area contributed by atoms with Gasteiger partial charge in [0.25, 0.3) is 0 Å². The number of nitrogens with zero attached hydrogens (tertiary/aromatic N) is 3. The third-order valence-corrected chi connectivity index (χ3v) is 5.89. The first kappa shape index (κ1) is 23.3. The molecule has 1 unspecified atom stereocenters. The van der Waals surface area contributed by atoms with Crippen LogP contribution in [0.5, 0.6) is 0 Å². The van der Waals surface area contributed by atoms with Gasteiger partial charge in [0.15, 0.2) is 0 Å². The Morgan fingerprint density at radius 1 is 1.11 bits per heavy atom. The van der Waals surface area contributed by atoms with Crippen LogP contribution in [0.4, 0.5) is 11.5 Å². The molecule has 3 N–H and O–H groups in total. The van der Waals surface area contributed by atoms with Gasteiger partial charge in [-0.25, -0.2) is 4.98 Å². The van der Waals surface area contributed by atoms with Gasteiger partial charge in [-0.3, -0.25) is 0 Å². The molecule has 1 atom stereocenters. The molecule has 2 saturated heterocycles. The molecule has 3 heterocycles. The minimum atomic E-state index is 0. The SMILES string of the molecule is Cl.Cl.NCCC1CCCN(c2ccc3nc(N4CCNCC4)c(Cl)cc3c2)C1. The Labute approximate surface area is 184 Å². The number of nitrogens with two attached hydrogens (primary N) is 1. The zero-order chi connectivity index (χ0) is 17.9. The van der Waals surface area contributed by atoms with Crippen LogP contribution >= 0.6 is 36.4 Å². The van der Waals surface area contributed by atoms with Gasteiger partial charge in [0.2, 0.25) is 0 Å². The first-order valence-electron chi connectivity index (χ1n) is 9.75. The van der Waals surface area contributed by atoms with Crippen LogP contribution < -0.4 is 20.9 Å². The van der Waals surface area contributed by atoms with E-state index in [0.29, 0.717) is 5.92 Å². The van der Waals surface area contributed by atoms with Gasteiger partial charge in [-0.15, -0.1) is 24.8 Å². The van der Waals surface area contributed by atoms with Gasteiger partial charge in [0, 0.05) is 50.3 Å². The molecule has 0 aliphatic carbocycles. The number of aromatic nitrogens is 1. The van der Waals surface area contributed by atoms with Crippen molar-refractivity contribution >= 4 is 58.8 Å². The predicted molar refractivity (Wildman–Crippen MR) is 125 cm³/mol. The number of hydrogen-bond acceptors (Lipinski definition) is 5. The topological polar surface area (TPSA) is 57.4 Å². The fourth-order valence-corrected chi connectivity index (χ4v) is 4.47. The largest absolute Gasteiger partial charge is 0.371 e. The lowest BCUT2D eigenvalue weighted by Crippen LogP contribution is -2.44. The van der Waals surface area contributed by atoms with Gasteiger partial charge in [0.05, 0.1) is 10.5 Å². The molecule has 2 fully saturated rings. The highest BCUT2D eigenvalue weighted by Gasteiger charge is 2.20. The number of anilines is 2. The fourth-order valence-electron chi connectivity index (χ4n) is 4.19. The zero-order valence-corrected chi connectivity index (χ0v) is 18.5. The van der Waals surface area contributed by atoms with E-state index in [4.69, 9.17) is 22.3 Å². The van der Waals surface area contributed by atoms with Crippen molar-refractivity contribution in [3.05, 3.63) is 29.3 Å². The molecule has 156 valence electrons. The summed E-state index contributed by atoms with van der Waals surface area (Å²) in [5.74, 6) is 1.62. The van der Waals surface area contributed by atoms with E-state index in [1.54, 1.807) is 0 Å². The van der Waals surface area contributed by atoms with Gasteiger partial charge in [-0.2, -0.15) is 0 Å². The summed E-state index contributed by atoms with van der Waals surface area (Å²) < 4.78 is 0. The van der Waals surface area contributed by atoms with Crippen molar-refractivity contribution in [3.8, 4) is 0 Å². The minimum Gasteiger partial charge on any atom is -0.371 e. The molecule has 1 aromatic carbocycles. The summed E-state index contributed by atoms with van der Waals surface area (Å²) in [5.41, 5.74) is 8.05. The average Bonchev–Trinajstić information content (AvgIpc) is 2.68. The van der Waals surface area contributed by atoms with E-state index in [2.05, 4.69) is 39.4 Å². The van der Waals surface area contributed by atoms with E-state index in [9.17, 15) is 0 Å². The van der Waals surface area contributed by atoms with Gasteiger partial charge in [0.1, 0.15) is 5.82 Å². The van der Waals surface area contributed by atoms with Gasteiger partial charge < -0.3 is 20.9 Å². The molecular formula is C20H30Cl3N5. The highest BCUT2D eigenvalue weighted by molar-refractivity contribution is 6.33. The van der Waals surface area contributed by atoms with Crippen molar-refractivity contribution in [2.75, 3.05) is 55.6 Å². The van der Waals surface area contributed by atoms with E-state index in [0.717, 1.165) is 74.0 Å². The maximum atomic E-state index is 6.59. The summed E-state index contributed by atoms with van der Waals surface area (Å²) in [5, 5.41) is 5.24. The Morgan fingerprint density at radius 2 is 1.89 bits per heavy atom. The number of benzene rings is 1. The standard InChI is InChI=1S/C20H28ClN5.2ClH/c21-18-13-16-12-17(26-9-1-2-15(14-26)5-6-22)3-4-19(16)24-20(18)25-10-7-23-8-11-25;;/h3-4,12-13,15,23H,1-2,5-11,14,22H2;2*1H. The van der Waals surface area contributed by atoms with E-state index < -0.39 is 0 Å². The number of halogens is 3. The Kier molecular flexibility index (Phi) is 8.90. The van der Waals surface area contributed by atoms with Crippen molar-refractivity contribution < 1.29 is 0 Å². The number of pyridine rings is 1. The first-order valence-corrected chi connectivity index (χ1v) is 10.1. The van der Waals surface area contributed by atoms with Crippen LogP contribution in [-0.2, 0) is 0 Å². The summed E-state index contributed by atoms with van der Waals surface area (Å²) >= 11 is 6.59. The van der Waals surface area contributed by atoms with Crippen molar-refractivity contribution in [2.45, 2.75) is 19.3 Å². The van der Waals surface area contributed by atoms with Crippen LogP contribution in [0.25, 0.3) is 10.9 Å². The van der Waals surface area contributed by atoms with Crippen molar-refractivity contribution in [1.82, 2.24) is 10.3 Å². The van der Waals surface area contributed by atoms with Crippen molar-refractivity contribution in [3.63, 3.8) is 0 Å². The van der Waals surface area contributed by atoms with Crippen LogP contribution in [-0.4, -0.2) is 50.8 Å². The Balaban J connectivity index is 0.00000140. The second-order valence-electron chi connectivity index (χ2n) is 7.44. The number of hydrogen-bond donors (Lipinski definition) is 2. The molecule has 0 saturated carbocycles. The Bertz CT molecular complexity index is 765. The zero-order valence-electron chi connectivity index (χ0n) is 16.1. The normalized spacial score (nSPS) is 19.9. The lowest BCUT2D eigenvalue weighted by Gasteiger charge is -2.34. The summed E-state index contributed by atoms with van der Waals surface area (Å²) in [4.78, 5) is 9.62. The highest BCUT2D eigenvalue weighted by Crippen LogP contribution is 2.32. The monoisotopic (exact) mass is 445 g/mol. The maximum absolute atomic E-state index is 6.59. The van der Waals surface area contributed by atoms with Gasteiger partial charge in [-0.1, -0.05) is 11.6 Å². The fraction of sp³-hybridized carbons (Fsp3) is 0.550. The molecule has 0 amide bonds. The van der Waals surface area contributed by atoms with Crippen LogP contribution in [0.3, 0.4) is 0 Å². The Morgan fingerprint density at radius 3 is 2.64 bits per heavy atom. The molecule has 1 aromatic heterocycles. The molecule has 4 rings (SSSR count). The van der Waals surface area contributed by atoms with Crippen LogP contribution in [0.15, 0.2) is 24.3 Å². The van der Waals surface area contributed by atoms with E-state index in [-0.39, 0.29) is 24.8 Å². The smallest absolute Gasteiger partial charge is 0.148 e. The molecule has 0 bridgehead atoms. The maximum Gasteiger partial charge on any atom is 0.148 e. The summed E-state index contributed by atoms with van der Waals surface area (Å²) in [6, 6.07) is 8.65. The molecule has 0 spiro atoms. The lowest BCUT2D eigenvalue weighted by molar-refractivity contribution is 0.396. The number of rotatable bonds is 4. The predicted octanol–water partition coefficient (Wildman–Crippen LogP) is 3.71. The second-order valence-corrected chi connectivity index (χ2v) is 7.85. The number of piperidine rings is 1. The molecule has 2 aromatic rings. The average molecular weight is 447 g/mol. The van der Waals surface area contributed by atoms with Crippen LogP contribution in [0.2, 0.25) is 5.02 Å². The molecule has 2 aliphatic heterocycles. The molecule has 2 aliphatic rings. The van der Waals surface area contributed by atoms with Crippen molar-refractivity contribution in [2.24, 2.45) is 11.7 Å². The Hall–Kier alpha value is -0.980. The third kappa shape index (κ3) is 5.14. The number of fused-ring (bicyclic) bond motifs is 1. The van der Waals surface area contributed by atoms with Crippen LogP contribution in [0, 0.1) is 5.92 Å². The number of nitrogens with one attached hydrogen (secondary N) is 1. The lowest BCUT2D eigenvalue weighted by atomic mass is 9.94. The molecule has 0 radical (unpaired) electrons. The molecular weight excluding hydrogens is 417 g/mol. The van der Waals surface area contributed by atoms with Gasteiger partial charge in [-0.05, 0) is 56.0 Å². The first-order chi connectivity index (χ1) is 12.7. The van der Waals surface area contributed by atoms with E-state index >= 15 is 0 Å². The van der Waals surface area contributed by atoms with Gasteiger partial charge >= 0.3 is 0 Å².